The molecule has 1 heterocycles. The Labute approximate surface area is 89.4 Å². The van der Waals surface area contributed by atoms with Gasteiger partial charge in [-0.2, -0.15) is 0 Å². The van der Waals surface area contributed by atoms with Gasteiger partial charge in [-0.3, -0.25) is 0 Å². The minimum Gasteiger partial charge on any atom is -0.388 e. The highest BCUT2D eigenvalue weighted by Crippen LogP contribution is 2.27. The molecular formula is C10H18N2OS. The van der Waals surface area contributed by atoms with Crippen LogP contribution in [0.4, 0.5) is 5.13 Å². The Balaban J connectivity index is 2.84. The fourth-order valence-corrected chi connectivity index (χ4v) is 2.37. The van der Waals surface area contributed by atoms with Gasteiger partial charge in [-0.05, 0) is 27.7 Å². The Kier molecular flexibility index (Phi) is 3.89. The fraction of sp³-hybridized carbons (Fsp3) is 0.700. The lowest BCUT2D eigenvalue weighted by molar-refractivity contribution is 0.203. The number of hydrogen-bond acceptors (Lipinski definition) is 4. The third kappa shape index (κ3) is 2.45. The van der Waals surface area contributed by atoms with Crippen LogP contribution in [0.5, 0.6) is 0 Å². The number of aromatic nitrogens is 1. The second-order valence-corrected chi connectivity index (χ2v) is 4.64. The summed E-state index contributed by atoms with van der Waals surface area (Å²) >= 11 is 1.57. The first-order chi connectivity index (χ1) is 6.56. The van der Waals surface area contributed by atoms with Crippen molar-refractivity contribution in [2.45, 2.75) is 39.8 Å². The highest BCUT2D eigenvalue weighted by atomic mass is 32.1. The molecule has 0 radical (unpaired) electrons. The fourth-order valence-electron chi connectivity index (χ4n) is 1.32. The predicted octanol–water partition coefficient (Wildman–Crippen LogP) is 2.43. The van der Waals surface area contributed by atoms with E-state index in [0.29, 0.717) is 6.04 Å². The molecule has 3 nitrogen and oxygen atoms in total. The smallest absolute Gasteiger partial charge is 0.185 e. The van der Waals surface area contributed by atoms with Crippen molar-refractivity contribution in [2.75, 3.05) is 11.4 Å². The Morgan fingerprint density at radius 2 is 2.14 bits per heavy atom. The Bertz CT molecular complexity index is 283. The zero-order valence-electron chi connectivity index (χ0n) is 9.19. The van der Waals surface area contributed by atoms with Crippen LogP contribution in [0, 0.1) is 0 Å². The molecule has 0 bridgehead atoms. The third-order valence-corrected chi connectivity index (χ3v) is 3.34. The molecule has 0 aliphatic carbocycles. The molecule has 1 aromatic heterocycles. The molecule has 0 fully saturated rings. The van der Waals surface area contributed by atoms with Crippen LogP contribution in [0.3, 0.4) is 0 Å². The Morgan fingerprint density at radius 3 is 2.50 bits per heavy atom. The van der Waals surface area contributed by atoms with E-state index in [0.717, 1.165) is 16.6 Å². The van der Waals surface area contributed by atoms with E-state index in [-0.39, 0.29) is 0 Å². The lowest BCUT2D eigenvalue weighted by Crippen LogP contribution is -2.29. The van der Waals surface area contributed by atoms with Gasteiger partial charge in [-0.1, -0.05) is 11.3 Å². The molecule has 0 aromatic carbocycles. The van der Waals surface area contributed by atoms with E-state index < -0.39 is 6.10 Å². The van der Waals surface area contributed by atoms with Crippen LogP contribution in [0.2, 0.25) is 0 Å². The second kappa shape index (κ2) is 4.75. The number of nitrogens with zero attached hydrogens (tertiary/aromatic N) is 2. The van der Waals surface area contributed by atoms with Crippen LogP contribution in [0.1, 0.15) is 38.7 Å². The van der Waals surface area contributed by atoms with Crippen molar-refractivity contribution in [3.05, 3.63) is 11.1 Å². The molecule has 4 heteroatoms. The zero-order valence-corrected chi connectivity index (χ0v) is 10.0. The number of aliphatic hydroxyl groups is 1. The quantitative estimate of drug-likeness (QED) is 0.836. The summed E-state index contributed by atoms with van der Waals surface area (Å²) in [6.07, 6.45) is 1.35. The molecule has 1 aromatic rings. The van der Waals surface area contributed by atoms with Gasteiger partial charge in [0.2, 0.25) is 0 Å². The van der Waals surface area contributed by atoms with Gasteiger partial charge >= 0.3 is 0 Å². The first-order valence-electron chi connectivity index (χ1n) is 4.96. The van der Waals surface area contributed by atoms with Gasteiger partial charge in [-0.25, -0.2) is 4.98 Å². The molecule has 0 aliphatic heterocycles. The predicted molar refractivity (Wildman–Crippen MR) is 60.9 cm³/mol. The van der Waals surface area contributed by atoms with E-state index in [1.165, 1.54) is 0 Å². The molecule has 0 saturated heterocycles. The SMILES string of the molecule is CCN(c1ncc(C(C)O)s1)C(C)C. The summed E-state index contributed by atoms with van der Waals surface area (Å²) in [7, 11) is 0. The summed E-state index contributed by atoms with van der Waals surface area (Å²) in [5, 5.41) is 10.4. The summed E-state index contributed by atoms with van der Waals surface area (Å²) in [4.78, 5) is 7.46. The molecular weight excluding hydrogens is 196 g/mol. The Morgan fingerprint density at radius 1 is 1.50 bits per heavy atom. The first-order valence-corrected chi connectivity index (χ1v) is 5.78. The maximum atomic E-state index is 9.38. The minimum atomic E-state index is -0.410. The van der Waals surface area contributed by atoms with E-state index in [4.69, 9.17) is 0 Å². The number of anilines is 1. The van der Waals surface area contributed by atoms with E-state index in [1.807, 2.05) is 0 Å². The van der Waals surface area contributed by atoms with Gasteiger partial charge in [0.25, 0.3) is 0 Å². The standard InChI is InChI=1S/C10H18N2OS/c1-5-12(7(2)3)10-11-6-9(14-10)8(4)13/h6-8,13H,5H2,1-4H3. The van der Waals surface area contributed by atoms with Crippen molar-refractivity contribution in [3.63, 3.8) is 0 Å². The molecule has 1 atom stereocenters. The number of hydrogen-bond donors (Lipinski definition) is 1. The largest absolute Gasteiger partial charge is 0.388 e. The molecule has 0 aliphatic rings. The topological polar surface area (TPSA) is 36.4 Å². The molecule has 1 unspecified atom stereocenters. The monoisotopic (exact) mass is 214 g/mol. The van der Waals surface area contributed by atoms with E-state index >= 15 is 0 Å². The second-order valence-electron chi connectivity index (χ2n) is 3.60. The lowest BCUT2D eigenvalue weighted by Gasteiger charge is -2.24. The van der Waals surface area contributed by atoms with Crippen molar-refractivity contribution in [2.24, 2.45) is 0 Å². The van der Waals surface area contributed by atoms with Crippen LogP contribution in [0.15, 0.2) is 6.20 Å². The maximum Gasteiger partial charge on any atom is 0.185 e. The third-order valence-electron chi connectivity index (χ3n) is 2.13. The molecule has 0 amide bonds. The molecule has 0 saturated carbocycles. The van der Waals surface area contributed by atoms with Gasteiger partial charge in [0.1, 0.15) is 0 Å². The normalized spacial score (nSPS) is 13.3. The average Bonchev–Trinajstić information content (AvgIpc) is 2.53. The summed E-state index contributed by atoms with van der Waals surface area (Å²) in [5.74, 6) is 0. The van der Waals surface area contributed by atoms with E-state index in [1.54, 1.807) is 24.5 Å². The van der Waals surface area contributed by atoms with Crippen LogP contribution < -0.4 is 4.90 Å². The summed E-state index contributed by atoms with van der Waals surface area (Å²) in [5.41, 5.74) is 0. The number of rotatable bonds is 4. The van der Waals surface area contributed by atoms with Crippen molar-refractivity contribution in [1.29, 1.82) is 0 Å². The van der Waals surface area contributed by atoms with Crippen LogP contribution in [-0.4, -0.2) is 22.7 Å². The van der Waals surface area contributed by atoms with Crippen molar-refractivity contribution >= 4 is 16.5 Å². The summed E-state index contributed by atoms with van der Waals surface area (Å²) < 4.78 is 0. The van der Waals surface area contributed by atoms with Gasteiger partial charge in [0.15, 0.2) is 5.13 Å². The summed E-state index contributed by atoms with van der Waals surface area (Å²) in [6.45, 7) is 9.12. The van der Waals surface area contributed by atoms with Crippen molar-refractivity contribution < 1.29 is 5.11 Å². The van der Waals surface area contributed by atoms with Crippen LogP contribution in [0.25, 0.3) is 0 Å². The van der Waals surface area contributed by atoms with Crippen molar-refractivity contribution in [3.8, 4) is 0 Å². The number of thiazole rings is 1. The molecule has 0 spiro atoms. The van der Waals surface area contributed by atoms with E-state index in [2.05, 4.69) is 30.7 Å². The minimum absolute atomic E-state index is 0.410. The van der Waals surface area contributed by atoms with Crippen LogP contribution in [-0.2, 0) is 0 Å². The van der Waals surface area contributed by atoms with E-state index in [9.17, 15) is 5.11 Å². The molecule has 14 heavy (non-hydrogen) atoms. The van der Waals surface area contributed by atoms with Gasteiger partial charge in [0.05, 0.1) is 11.0 Å². The van der Waals surface area contributed by atoms with Crippen LogP contribution >= 0.6 is 11.3 Å². The number of aliphatic hydroxyl groups excluding tert-OH is 1. The van der Waals surface area contributed by atoms with Crippen molar-refractivity contribution in [1.82, 2.24) is 4.98 Å². The Hall–Kier alpha value is -0.610. The zero-order chi connectivity index (χ0) is 10.7. The lowest BCUT2D eigenvalue weighted by atomic mass is 10.3. The average molecular weight is 214 g/mol. The first kappa shape index (κ1) is 11.5. The summed E-state index contributed by atoms with van der Waals surface area (Å²) in [6, 6.07) is 0.452. The van der Waals surface area contributed by atoms with Gasteiger partial charge < -0.3 is 10.0 Å². The molecule has 1 rings (SSSR count). The molecule has 80 valence electrons. The highest BCUT2D eigenvalue weighted by Gasteiger charge is 2.14. The molecule has 1 N–H and O–H groups in total. The highest BCUT2D eigenvalue weighted by molar-refractivity contribution is 7.15. The van der Waals surface area contributed by atoms with Gasteiger partial charge in [0, 0.05) is 18.8 Å². The maximum absolute atomic E-state index is 9.38. The van der Waals surface area contributed by atoms with Gasteiger partial charge in [-0.15, -0.1) is 0 Å².